The molecule has 1 heterocycles. The van der Waals surface area contributed by atoms with E-state index >= 15 is 0 Å². The number of hydrogen-bond acceptors (Lipinski definition) is 4. The van der Waals surface area contributed by atoms with Crippen molar-refractivity contribution >= 4 is 12.0 Å². The van der Waals surface area contributed by atoms with Crippen LogP contribution in [0.3, 0.4) is 0 Å². The van der Waals surface area contributed by atoms with Gasteiger partial charge >= 0.3 is 6.09 Å². The van der Waals surface area contributed by atoms with Gasteiger partial charge in [-0.1, -0.05) is 0 Å². The van der Waals surface area contributed by atoms with Crippen molar-refractivity contribution in [3.8, 4) is 0 Å². The fourth-order valence-corrected chi connectivity index (χ4v) is 1.85. The highest BCUT2D eigenvalue weighted by Crippen LogP contribution is 2.10. The summed E-state index contributed by atoms with van der Waals surface area (Å²) < 4.78 is 10.4. The SMILES string of the molecule is CC1COCCN1C(=O)[C@H](C)NC(=O)OC(C)(C)C. The van der Waals surface area contributed by atoms with Gasteiger partial charge in [-0.15, -0.1) is 0 Å². The number of amides is 2. The first-order chi connectivity index (χ1) is 8.70. The van der Waals surface area contributed by atoms with Crippen LogP contribution in [0.2, 0.25) is 0 Å². The summed E-state index contributed by atoms with van der Waals surface area (Å²) in [5.41, 5.74) is -0.570. The molecule has 2 amide bonds. The lowest BCUT2D eigenvalue weighted by Crippen LogP contribution is -2.54. The zero-order chi connectivity index (χ0) is 14.6. The average Bonchev–Trinajstić information content (AvgIpc) is 2.26. The van der Waals surface area contributed by atoms with E-state index in [1.54, 1.807) is 32.6 Å². The van der Waals surface area contributed by atoms with E-state index in [4.69, 9.17) is 9.47 Å². The minimum Gasteiger partial charge on any atom is -0.444 e. The van der Waals surface area contributed by atoms with Gasteiger partial charge in [0.05, 0.1) is 19.3 Å². The summed E-state index contributed by atoms with van der Waals surface area (Å²) in [6, 6.07) is -0.570. The normalized spacial score (nSPS) is 21.7. The van der Waals surface area contributed by atoms with Crippen molar-refractivity contribution in [1.29, 1.82) is 0 Å². The maximum absolute atomic E-state index is 12.2. The number of carbonyl (C=O) groups is 2. The second-order valence-electron chi connectivity index (χ2n) is 5.82. The van der Waals surface area contributed by atoms with Gasteiger partial charge in [-0.25, -0.2) is 4.79 Å². The van der Waals surface area contributed by atoms with Crippen LogP contribution in [0.5, 0.6) is 0 Å². The molecule has 1 aliphatic heterocycles. The molecule has 1 unspecified atom stereocenters. The number of nitrogens with zero attached hydrogens (tertiary/aromatic N) is 1. The minimum atomic E-state index is -0.601. The van der Waals surface area contributed by atoms with Gasteiger partial charge in [-0.05, 0) is 34.6 Å². The molecule has 0 spiro atoms. The third-order valence-corrected chi connectivity index (χ3v) is 2.75. The number of morpholine rings is 1. The fourth-order valence-electron chi connectivity index (χ4n) is 1.85. The van der Waals surface area contributed by atoms with Crippen LogP contribution in [0.4, 0.5) is 4.79 Å². The first-order valence-electron chi connectivity index (χ1n) is 6.58. The Balaban J connectivity index is 2.50. The van der Waals surface area contributed by atoms with E-state index < -0.39 is 17.7 Å². The fraction of sp³-hybridized carbons (Fsp3) is 0.846. The predicted octanol–water partition coefficient (Wildman–Crippen LogP) is 1.15. The quantitative estimate of drug-likeness (QED) is 0.818. The summed E-state index contributed by atoms with van der Waals surface area (Å²) in [4.78, 5) is 25.5. The van der Waals surface area contributed by atoms with Crippen molar-refractivity contribution in [3.05, 3.63) is 0 Å². The van der Waals surface area contributed by atoms with Gasteiger partial charge in [0, 0.05) is 6.54 Å². The topological polar surface area (TPSA) is 67.9 Å². The van der Waals surface area contributed by atoms with Gasteiger partial charge < -0.3 is 19.7 Å². The van der Waals surface area contributed by atoms with E-state index in [-0.39, 0.29) is 11.9 Å². The second kappa shape index (κ2) is 6.23. The molecule has 1 aliphatic rings. The molecule has 19 heavy (non-hydrogen) atoms. The molecule has 110 valence electrons. The first-order valence-corrected chi connectivity index (χ1v) is 6.58. The van der Waals surface area contributed by atoms with Crippen LogP contribution in [-0.2, 0) is 14.3 Å². The summed E-state index contributed by atoms with van der Waals surface area (Å²) in [6.07, 6.45) is -0.575. The zero-order valence-corrected chi connectivity index (χ0v) is 12.4. The van der Waals surface area contributed by atoms with Crippen molar-refractivity contribution in [2.45, 2.75) is 52.3 Å². The van der Waals surface area contributed by atoms with Gasteiger partial charge in [0.15, 0.2) is 0 Å². The van der Waals surface area contributed by atoms with Gasteiger partial charge in [-0.3, -0.25) is 4.79 Å². The lowest BCUT2D eigenvalue weighted by Gasteiger charge is -2.35. The first kappa shape index (κ1) is 15.8. The highest BCUT2D eigenvalue weighted by Gasteiger charge is 2.29. The number of rotatable bonds is 2. The summed E-state index contributed by atoms with van der Waals surface area (Å²) in [5.74, 6) is -0.110. The van der Waals surface area contributed by atoms with Crippen LogP contribution in [0.25, 0.3) is 0 Å². The lowest BCUT2D eigenvalue weighted by atomic mass is 10.2. The molecule has 6 heteroatoms. The summed E-state index contributed by atoms with van der Waals surface area (Å²) in [5, 5.41) is 2.56. The van der Waals surface area contributed by atoms with Crippen LogP contribution >= 0.6 is 0 Å². The number of ether oxygens (including phenoxy) is 2. The van der Waals surface area contributed by atoms with Crippen molar-refractivity contribution in [2.24, 2.45) is 0 Å². The number of carbonyl (C=O) groups excluding carboxylic acids is 2. The maximum atomic E-state index is 12.2. The highest BCUT2D eigenvalue weighted by atomic mass is 16.6. The molecule has 2 atom stereocenters. The Bertz CT molecular complexity index is 338. The van der Waals surface area contributed by atoms with Crippen LogP contribution < -0.4 is 5.32 Å². The average molecular weight is 272 g/mol. The molecule has 6 nitrogen and oxygen atoms in total. The number of nitrogens with one attached hydrogen (secondary N) is 1. The summed E-state index contributed by atoms with van der Waals surface area (Å²) in [7, 11) is 0. The minimum absolute atomic E-state index is 0.0316. The standard InChI is InChI=1S/C13H24N2O4/c1-9-8-18-7-6-15(9)11(16)10(2)14-12(17)19-13(3,4)5/h9-10H,6-8H2,1-5H3,(H,14,17)/t9?,10-/m0/s1. The van der Waals surface area contributed by atoms with Gasteiger partial charge in [0.1, 0.15) is 11.6 Å². The van der Waals surface area contributed by atoms with Gasteiger partial charge in [0.2, 0.25) is 5.91 Å². The third kappa shape index (κ3) is 5.06. The molecule has 1 saturated heterocycles. The highest BCUT2D eigenvalue weighted by molar-refractivity contribution is 5.85. The Morgan fingerprint density at radius 3 is 2.58 bits per heavy atom. The largest absolute Gasteiger partial charge is 0.444 e. The van der Waals surface area contributed by atoms with Crippen molar-refractivity contribution < 1.29 is 19.1 Å². The molecule has 0 radical (unpaired) electrons. The molecule has 0 aromatic heterocycles. The molecule has 1 fully saturated rings. The number of alkyl carbamates (subject to hydrolysis) is 1. The molecule has 0 aliphatic carbocycles. The molecule has 0 aromatic carbocycles. The Hall–Kier alpha value is -1.30. The Morgan fingerprint density at radius 2 is 2.05 bits per heavy atom. The summed E-state index contributed by atoms with van der Waals surface area (Å²) >= 11 is 0. The Kier molecular flexibility index (Phi) is 5.17. The maximum Gasteiger partial charge on any atom is 0.408 e. The van der Waals surface area contributed by atoms with Crippen molar-refractivity contribution in [3.63, 3.8) is 0 Å². The third-order valence-electron chi connectivity index (χ3n) is 2.75. The second-order valence-corrected chi connectivity index (χ2v) is 5.82. The predicted molar refractivity (Wildman–Crippen MR) is 70.8 cm³/mol. The van der Waals surface area contributed by atoms with Gasteiger partial charge in [0.25, 0.3) is 0 Å². The van der Waals surface area contributed by atoms with E-state index in [0.29, 0.717) is 19.8 Å². The lowest BCUT2D eigenvalue weighted by molar-refractivity contribution is -0.140. The van der Waals surface area contributed by atoms with Crippen LogP contribution in [0, 0.1) is 0 Å². The van der Waals surface area contributed by atoms with E-state index in [1.165, 1.54) is 0 Å². The Labute approximate surface area is 114 Å². The number of hydrogen-bond donors (Lipinski definition) is 1. The molecule has 1 rings (SSSR count). The summed E-state index contributed by atoms with van der Waals surface area (Å²) in [6.45, 7) is 10.6. The smallest absolute Gasteiger partial charge is 0.408 e. The van der Waals surface area contributed by atoms with E-state index in [2.05, 4.69) is 5.32 Å². The van der Waals surface area contributed by atoms with E-state index in [9.17, 15) is 9.59 Å². The van der Waals surface area contributed by atoms with E-state index in [0.717, 1.165) is 0 Å². The monoisotopic (exact) mass is 272 g/mol. The molecule has 1 N–H and O–H groups in total. The Morgan fingerprint density at radius 1 is 1.42 bits per heavy atom. The zero-order valence-electron chi connectivity index (χ0n) is 12.4. The van der Waals surface area contributed by atoms with Gasteiger partial charge in [-0.2, -0.15) is 0 Å². The van der Waals surface area contributed by atoms with Crippen molar-refractivity contribution in [2.75, 3.05) is 19.8 Å². The van der Waals surface area contributed by atoms with Crippen LogP contribution in [0.1, 0.15) is 34.6 Å². The molecule has 0 bridgehead atoms. The van der Waals surface area contributed by atoms with Crippen molar-refractivity contribution in [1.82, 2.24) is 10.2 Å². The molecule has 0 saturated carbocycles. The molecular formula is C13H24N2O4. The van der Waals surface area contributed by atoms with E-state index in [1.807, 2.05) is 6.92 Å². The van der Waals surface area contributed by atoms with Crippen LogP contribution in [-0.4, -0.2) is 54.3 Å². The molecular weight excluding hydrogens is 248 g/mol. The molecule has 0 aromatic rings. The van der Waals surface area contributed by atoms with Crippen LogP contribution in [0.15, 0.2) is 0 Å².